The molecule has 1 N–H and O–H groups in total. The second kappa shape index (κ2) is 8.52. The summed E-state index contributed by atoms with van der Waals surface area (Å²) in [4.78, 5) is 17.8. The first-order valence-electron chi connectivity index (χ1n) is 10.3. The highest BCUT2D eigenvalue weighted by Crippen LogP contribution is 2.27. The lowest BCUT2D eigenvalue weighted by molar-refractivity contribution is 0.0956. The molecule has 0 unspecified atom stereocenters. The summed E-state index contributed by atoms with van der Waals surface area (Å²) in [5.74, 6) is -0.276. The molecule has 0 saturated carbocycles. The number of aromatic nitrogens is 3. The van der Waals surface area contributed by atoms with Crippen LogP contribution in [0, 0.1) is 20.8 Å². The molecule has 0 atom stereocenters. The largest absolute Gasteiger partial charge is 0.272 e. The van der Waals surface area contributed by atoms with Crippen molar-refractivity contribution in [3.8, 4) is 11.3 Å². The number of nitrogens with one attached hydrogen (secondary N) is 1. The van der Waals surface area contributed by atoms with Crippen molar-refractivity contribution in [1.82, 2.24) is 20.2 Å². The molecule has 0 aliphatic heterocycles. The molecule has 0 bridgehead atoms. The Bertz CT molecular complexity index is 1300. The zero-order valence-corrected chi connectivity index (χ0v) is 18.2. The van der Waals surface area contributed by atoms with E-state index in [9.17, 15) is 4.79 Å². The van der Waals surface area contributed by atoms with Crippen LogP contribution in [0.2, 0.25) is 0 Å². The Hall–Kier alpha value is -3.80. The minimum atomic E-state index is -0.276. The number of hydrogen-bond acceptors (Lipinski definition) is 4. The van der Waals surface area contributed by atoms with E-state index in [0.717, 1.165) is 45.5 Å². The fraction of sp³-hybridized carbons (Fsp3) is 0.200. The predicted molar refractivity (Wildman–Crippen MR) is 124 cm³/mol. The quantitative estimate of drug-likeness (QED) is 0.378. The molecule has 2 aromatic heterocycles. The monoisotopic (exact) mass is 411 g/mol. The molecule has 2 aromatic carbocycles. The van der Waals surface area contributed by atoms with E-state index in [4.69, 9.17) is 4.98 Å². The van der Waals surface area contributed by atoms with E-state index in [1.807, 2.05) is 48.9 Å². The van der Waals surface area contributed by atoms with Gasteiger partial charge < -0.3 is 0 Å². The maximum absolute atomic E-state index is 13.0. The summed E-state index contributed by atoms with van der Waals surface area (Å²) in [6.45, 7) is 8.92. The number of hydrogen-bond donors (Lipinski definition) is 1. The number of fused-ring (bicyclic) bond motifs is 1. The minimum Gasteiger partial charge on any atom is -0.269 e. The van der Waals surface area contributed by atoms with E-state index in [2.05, 4.69) is 47.7 Å². The van der Waals surface area contributed by atoms with Crippen LogP contribution in [0.4, 0.5) is 0 Å². The summed E-state index contributed by atoms with van der Waals surface area (Å²) >= 11 is 0. The summed E-state index contributed by atoms with van der Waals surface area (Å²) in [5.41, 5.74) is 9.95. The number of amides is 1. The van der Waals surface area contributed by atoms with Crippen LogP contribution >= 0.6 is 0 Å². The third-order valence-electron chi connectivity index (χ3n) is 5.43. The van der Waals surface area contributed by atoms with E-state index in [0.29, 0.717) is 5.56 Å². The van der Waals surface area contributed by atoms with Crippen molar-refractivity contribution >= 4 is 23.0 Å². The zero-order valence-electron chi connectivity index (χ0n) is 18.2. The van der Waals surface area contributed by atoms with Gasteiger partial charge in [-0.15, -0.1) is 0 Å². The van der Waals surface area contributed by atoms with Gasteiger partial charge in [0, 0.05) is 28.8 Å². The Morgan fingerprint density at radius 3 is 2.68 bits per heavy atom. The lowest BCUT2D eigenvalue weighted by Crippen LogP contribution is -2.18. The molecule has 31 heavy (non-hydrogen) atoms. The van der Waals surface area contributed by atoms with Gasteiger partial charge in [0.25, 0.3) is 5.91 Å². The molecule has 156 valence electrons. The Labute approximate surface area is 181 Å². The van der Waals surface area contributed by atoms with Crippen molar-refractivity contribution in [2.24, 2.45) is 5.10 Å². The van der Waals surface area contributed by atoms with Gasteiger partial charge in [0.05, 0.1) is 29.2 Å². The zero-order chi connectivity index (χ0) is 22.0. The molecule has 0 aliphatic rings. The molecule has 2 heterocycles. The van der Waals surface area contributed by atoms with Crippen LogP contribution in [0.3, 0.4) is 0 Å². The van der Waals surface area contributed by atoms with Crippen LogP contribution in [0.5, 0.6) is 0 Å². The lowest BCUT2D eigenvalue weighted by atomic mass is 9.99. The Balaban J connectivity index is 1.69. The predicted octanol–water partition coefficient (Wildman–Crippen LogP) is 4.81. The number of carbonyl (C=O) groups is 1. The molecule has 0 spiro atoms. The first-order chi connectivity index (χ1) is 15.0. The van der Waals surface area contributed by atoms with E-state index >= 15 is 0 Å². The van der Waals surface area contributed by atoms with Gasteiger partial charge in [-0.2, -0.15) is 10.2 Å². The highest BCUT2D eigenvalue weighted by Gasteiger charge is 2.14. The van der Waals surface area contributed by atoms with Gasteiger partial charge in [0.1, 0.15) is 0 Å². The lowest BCUT2D eigenvalue weighted by Gasteiger charge is -2.11. The van der Waals surface area contributed by atoms with Gasteiger partial charge in [-0.3, -0.25) is 9.48 Å². The molecule has 0 fully saturated rings. The third-order valence-corrected chi connectivity index (χ3v) is 5.43. The standard InChI is InChI=1S/C25H25N5O/c1-5-30-18(4)19(15-27-30)14-26-29-25(31)22-13-24(20-11-10-16(2)12-17(20)3)28-23-9-7-6-8-21(22)23/h6-15H,5H2,1-4H3,(H,29,31)/b26-14+. The Morgan fingerprint density at radius 1 is 1.13 bits per heavy atom. The summed E-state index contributed by atoms with van der Waals surface area (Å²) < 4.78 is 1.88. The van der Waals surface area contributed by atoms with Crippen molar-refractivity contribution in [3.63, 3.8) is 0 Å². The normalized spacial score (nSPS) is 11.4. The van der Waals surface area contributed by atoms with Crippen LogP contribution in [0.1, 0.15) is 39.7 Å². The molecule has 0 radical (unpaired) electrons. The maximum atomic E-state index is 13.0. The average Bonchev–Trinajstić information content (AvgIpc) is 3.12. The molecule has 0 saturated heterocycles. The minimum absolute atomic E-state index is 0.276. The van der Waals surface area contributed by atoms with Gasteiger partial charge in [-0.25, -0.2) is 10.4 Å². The van der Waals surface area contributed by atoms with Crippen LogP contribution in [-0.2, 0) is 6.54 Å². The van der Waals surface area contributed by atoms with Crippen LogP contribution in [0.15, 0.2) is 59.8 Å². The van der Waals surface area contributed by atoms with Crippen LogP contribution < -0.4 is 5.43 Å². The molecule has 4 aromatic rings. The van der Waals surface area contributed by atoms with Crippen LogP contribution in [-0.4, -0.2) is 26.9 Å². The third kappa shape index (κ3) is 4.10. The number of benzene rings is 2. The Kier molecular flexibility index (Phi) is 5.62. The van der Waals surface area contributed by atoms with Crippen molar-refractivity contribution < 1.29 is 4.79 Å². The first kappa shape index (κ1) is 20.5. The number of para-hydroxylation sites is 1. The number of hydrazone groups is 1. The van der Waals surface area contributed by atoms with Gasteiger partial charge in [0.15, 0.2) is 0 Å². The molecule has 0 aliphatic carbocycles. The van der Waals surface area contributed by atoms with Crippen molar-refractivity contribution in [3.05, 3.63) is 82.7 Å². The van der Waals surface area contributed by atoms with E-state index in [1.54, 1.807) is 12.4 Å². The van der Waals surface area contributed by atoms with Crippen molar-refractivity contribution in [2.75, 3.05) is 0 Å². The average molecular weight is 412 g/mol. The molecular weight excluding hydrogens is 386 g/mol. The highest BCUT2D eigenvalue weighted by molar-refractivity contribution is 6.07. The molecule has 4 rings (SSSR count). The maximum Gasteiger partial charge on any atom is 0.272 e. The number of pyridine rings is 1. The molecule has 6 nitrogen and oxygen atoms in total. The summed E-state index contributed by atoms with van der Waals surface area (Å²) in [6.07, 6.45) is 3.37. The second-order valence-corrected chi connectivity index (χ2v) is 7.59. The summed E-state index contributed by atoms with van der Waals surface area (Å²) in [5, 5.41) is 9.25. The van der Waals surface area contributed by atoms with Crippen molar-refractivity contribution in [2.45, 2.75) is 34.2 Å². The number of nitrogens with zero attached hydrogens (tertiary/aromatic N) is 4. The van der Waals surface area contributed by atoms with Crippen molar-refractivity contribution in [1.29, 1.82) is 0 Å². The summed E-state index contributed by atoms with van der Waals surface area (Å²) in [7, 11) is 0. The Morgan fingerprint density at radius 2 is 1.94 bits per heavy atom. The fourth-order valence-corrected chi connectivity index (χ4v) is 3.73. The molecule has 1 amide bonds. The second-order valence-electron chi connectivity index (χ2n) is 7.59. The first-order valence-corrected chi connectivity index (χ1v) is 10.3. The topological polar surface area (TPSA) is 72.2 Å². The summed E-state index contributed by atoms with van der Waals surface area (Å²) in [6, 6.07) is 15.7. The van der Waals surface area contributed by atoms with Gasteiger partial charge in [0.2, 0.25) is 0 Å². The number of aryl methyl sites for hydroxylation is 3. The van der Waals surface area contributed by atoms with Gasteiger partial charge in [-0.05, 0) is 45.4 Å². The van der Waals surface area contributed by atoms with Gasteiger partial charge >= 0.3 is 0 Å². The number of rotatable bonds is 5. The molecular formula is C25H25N5O. The fourth-order valence-electron chi connectivity index (χ4n) is 3.73. The van der Waals surface area contributed by atoms with Crippen LogP contribution in [0.25, 0.3) is 22.2 Å². The number of carbonyl (C=O) groups excluding carboxylic acids is 1. The smallest absolute Gasteiger partial charge is 0.269 e. The van der Waals surface area contributed by atoms with Gasteiger partial charge in [-0.1, -0.05) is 42.0 Å². The van der Waals surface area contributed by atoms with E-state index in [-0.39, 0.29) is 5.91 Å². The highest BCUT2D eigenvalue weighted by atomic mass is 16.2. The van der Waals surface area contributed by atoms with E-state index < -0.39 is 0 Å². The molecule has 6 heteroatoms. The van der Waals surface area contributed by atoms with E-state index in [1.165, 1.54) is 5.56 Å². The SMILES string of the molecule is CCn1ncc(/C=N/NC(=O)c2cc(-c3ccc(C)cc3C)nc3ccccc23)c1C.